The number of ketones is 1. The third kappa shape index (κ3) is 2.38. The van der Waals surface area contributed by atoms with Crippen LogP contribution in [-0.4, -0.2) is 17.9 Å². The van der Waals surface area contributed by atoms with E-state index in [4.69, 9.17) is 4.74 Å². The average Bonchev–Trinajstić information content (AvgIpc) is 2.83. The Morgan fingerprint density at radius 1 is 1.25 bits per heavy atom. The van der Waals surface area contributed by atoms with E-state index in [1.54, 1.807) is 6.92 Å². The zero-order chi connectivity index (χ0) is 17.1. The Morgan fingerprint density at radius 2 is 2.04 bits per heavy atom. The fraction of sp³-hybridized carbons (Fsp3) is 0.810. The lowest BCUT2D eigenvalue weighted by molar-refractivity contribution is -0.157. The van der Waals surface area contributed by atoms with Crippen molar-refractivity contribution in [2.45, 2.75) is 71.8 Å². The minimum absolute atomic E-state index is 0.109. The van der Waals surface area contributed by atoms with Crippen LogP contribution in [0.15, 0.2) is 11.6 Å². The van der Waals surface area contributed by atoms with Gasteiger partial charge in [0.2, 0.25) is 0 Å². The van der Waals surface area contributed by atoms with Crippen LogP contribution in [0.1, 0.15) is 65.7 Å². The summed E-state index contributed by atoms with van der Waals surface area (Å²) in [5.41, 5.74) is 1.60. The topological polar surface area (TPSA) is 43.4 Å². The molecule has 0 amide bonds. The Bertz CT molecular complexity index is 592. The van der Waals surface area contributed by atoms with E-state index in [-0.39, 0.29) is 17.5 Å². The number of hydrogen-bond donors (Lipinski definition) is 0. The van der Waals surface area contributed by atoms with Crippen molar-refractivity contribution in [1.29, 1.82) is 0 Å². The van der Waals surface area contributed by atoms with Gasteiger partial charge in [-0.15, -0.1) is 0 Å². The van der Waals surface area contributed by atoms with Gasteiger partial charge in [-0.05, 0) is 74.2 Å². The molecule has 0 radical (unpaired) electrons. The molecule has 4 aliphatic carbocycles. The Morgan fingerprint density at radius 3 is 2.79 bits per heavy atom. The second kappa shape index (κ2) is 5.71. The first-order chi connectivity index (χ1) is 11.4. The molecular formula is C21H30O3. The minimum atomic E-state index is -0.128. The predicted octanol–water partition coefficient (Wildman–Crippen LogP) is 4.31. The van der Waals surface area contributed by atoms with Crippen LogP contribution in [0, 0.1) is 35.0 Å². The van der Waals surface area contributed by atoms with Gasteiger partial charge in [0.15, 0.2) is 5.78 Å². The molecule has 24 heavy (non-hydrogen) atoms. The molecule has 0 heterocycles. The molecule has 3 fully saturated rings. The summed E-state index contributed by atoms with van der Waals surface area (Å²) in [5.74, 6) is 3.64. The van der Waals surface area contributed by atoms with Crippen molar-refractivity contribution in [2.24, 2.45) is 35.0 Å². The van der Waals surface area contributed by atoms with E-state index in [1.807, 2.05) is 6.08 Å². The molecule has 4 rings (SSSR count). The van der Waals surface area contributed by atoms with Crippen molar-refractivity contribution >= 4 is 11.8 Å². The minimum Gasteiger partial charge on any atom is -0.462 e. The van der Waals surface area contributed by atoms with Gasteiger partial charge in [0, 0.05) is 18.8 Å². The SMILES string of the molecule is CC(=O)O[C@@H]1CC[C@@H]2[C@H]3[C@@H](CC[C@]21C)[C@H]1CCC(=O)C=C1C[C@H]3C. The molecule has 0 spiro atoms. The van der Waals surface area contributed by atoms with Crippen LogP contribution < -0.4 is 0 Å². The monoisotopic (exact) mass is 330 g/mol. The molecule has 7 atom stereocenters. The molecule has 0 aromatic rings. The lowest BCUT2D eigenvalue weighted by Gasteiger charge is -2.55. The highest BCUT2D eigenvalue weighted by molar-refractivity contribution is 5.91. The van der Waals surface area contributed by atoms with Crippen LogP contribution in [0.25, 0.3) is 0 Å². The fourth-order valence-electron chi connectivity index (χ4n) is 6.93. The molecule has 0 bridgehead atoms. The van der Waals surface area contributed by atoms with Gasteiger partial charge in [0.05, 0.1) is 0 Å². The molecule has 0 unspecified atom stereocenters. The van der Waals surface area contributed by atoms with Gasteiger partial charge in [-0.3, -0.25) is 9.59 Å². The maximum Gasteiger partial charge on any atom is 0.302 e. The van der Waals surface area contributed by atoms with Crippen LogP contribution in [0.4, 0.5) is 0 Å². The van der Waals surface area contributed by atoms with Gasteiger partial charge in [0.1, 0.15) is 6.10 Å². The Labute approximate surface area is 145 Å². The molecule has 3 heteroatoms. The smallest absolute Gasteiger partial charge is 0.302 e. The van der Waals surface area contributed by atoms with E-state index in [0.29, 0.717) is 23.5 Å². The van der Waals surface area contributed by atoms with Gasteiger partial charge < -0.3 is 4.74 Å². The highest BCUT2D eigenvalue weighted by Gasteiger charge is 2.58. The molecule has 0 aromatic carbocycles. The summed E-state index contributed by atoms with van der Waals surface area (Å²) in [6, 6.07) is 0. The Balaban J connectivity index is 1.62. The van der Waals surface area contributed by atoms with Crippen LogP contribution in [-0.2, 0) is 14.3 Å². The van der Waals surface area contributed by atoms with E-state index in [2.05, 4.69) is 13.8 Å². The van der Waals surface area contributed by atoms with Gasteiger partial charge in [0.25, 0.3) is 0 Å². The quantitative estimate of drug-likeness (QED) is 0.673. The number of ether oxygens (including phenoxy) is 1. The number of allylic oxidation sites excluding steroid dienone is 1. The van der Waals surface area contributed by atoms with Gasteiger partial charge in [-0.1, -0.05) is 19.4 Å². The fourth-order valence-corrected chi connectivity index (χ4v) is 6.93. The van der Waals surface area contributed by atoms with Crippen LogP contribution in [0.3, 0.4) is 0 Å². The summed E-state index contributed by atoms with van der Waals surface area (Å²) in [5, 5.41) is 0. The molecular weight excluding hydrogens is 300 g/mol. The Kier molecular flexibility index (Phi) is 3.89. The zero-order valence-electron chi connectivity index (χ0n) is 15.2. The van der Waals surface area contributed by atoms with Gasteiger partial charge in [-0.2, -0.15) is 0 Å². The van der Waals surface area contributed by atoms with E-state index < -0.39 is 0 Å². The van der Waals surface area contributed by atoms with Crippen molar-refractivity contribution in [3.63, 3.8) is 0 Å². The van der Waals surface area contributed by atoms with E-state index in [9.17, 15) is 9.59 Å². The second-order valence-corrected chi connectivity index (χ2v) is 9.08. The summed E-state index contributed by atoms with van der Waals surface area (Å²) in [4.78, 5) is 23.4. The van der Waals surface area contributed by atoms with Crippen molar-refractivity contribution in [3.05, 3.63) is 11.6 Å². The van der Waals surface area contributed by atoms with Gasteiger partial charge in [-0.25, -0.2) is 0 Å². The summed E-state index contributed by atoms with van der Waals surface area (Å²) >= 11 is 0. The average molecular weight is 330 g/mol. The standard InChI is InChI=1S/C21H30O3/c1-12-10-14-11-15(23)4-5-16(14)17-8-9-21(3)18(20(12)17)6-7-19(21)24-13(2)22/h11-12,16-20H,4-10H2,1-3H3/t12-,16+,17+,18-,19-,20-,21-/m1/s1. The first-order valence-corrected chi connectivity index (χ1v) is 9.80. The second-order valence-electron chi connectivity index (χ2n) is 9.08. The Hall–Kier alpha value is -1.12. The molecule has 0 saturated heterocycles. The third-order valence-corrected chi connectivity index (χ3v) is 7.86. The summed E-state index contributed by atoms with van der Waals surface area (Å²) in [7, 11) is 0. The van der Waals surface area contributed by atoms with Crippen molar-refractivity contribution in [1.82, 2.24) is 0 Å². The van der Waals surface area contributed by atoms with Crippen molar-refractivity contribution < 1.29 is 14.3 Å². The van der Waals surface area contributed by atoms with Crippen molar-refractivity contribution in [3.8, 4) is 0 Å². The highest BCUT2D eigenvalue weighted by Crippen LogP contribution is 2.63. The molecule has 0 N–H and O–H groups in total. The summed E-state index contributed by atoms with van der Waals surface area (Å²) in [6.45, 7) is 6.30. The van der Waals surface area contributed by atoms with Gasteiger partial charge >= 0.3 is 5.97 Å². The zero-order valence-corrected chi connectivity index (χ0v) is 15.2. The number of fused-ring (bicyclic) bond motifs is 5. The number of hydrogen-bond acceptors (Lipinski definition) is 3. The van der Waals surface area contributed by atoms with E-state index in [0.717, 1.165) is 37.5 Å². The molecule has 4 aliphatic rings. The number of esters is 1. The van der Waals surface area contributed by atoms with Crippen LogP contribution in [0.5, 0.6) is 0 Å². The predicted molar refractivity (Wildman–Crippen MR) is 92.2 cm³/mol. The maximum atomic E-state index is 11.8. The molecule has 3 saturated carbocycles. The summed E-state index contributed by atoms with van der Waals surface area (Å²) < 4.78 is 5.72. The molecule has 132 valence electrons. The largest absolute Gasteiger partial charge is 0.462 e. The van der Waals surface area contributed by atoms with Crippen molar-refractivity contribution in [2.75, 3.05) is 0 Å². The first kappa shape index (κ1) is 16.4. The molecule has 3 nitrogen and oxygen atoms in total. The third-order valence-electron chi connectivity index (χ3n) is 7.86. The lowest BCUT2D eigenvalue weighted by atomic mass is 9.49. The normalized spacial score (nSPS) is 47.3. The summed E-state index contributed by atoms with van der Waals surface area (Å²) in [6.07, 6.45) is 9.62. The van der Waals surface area contributed by atoms with Crippen LogP contribution in [0.2, 0.25) is 0 Å². The lowest BCUT2D eigenvalue weighted by Crippen LogP contribution is -2.50. The van der Waals surface area contributed by atoms with Crippen LogP contribution >= 0.6 is 0 Å². The number of rotatable bonds is 1. The highest BCUT2D eigenvalue weighted by atomic mass is 16.5. The maximum absolute atomic E-state index is 11.8. The van der Waals surface area contributed by atoms with E-state index in [1.165, 1.54) is 24.8 Å². The number of carbonyl (C=O) groups is 2. The number of carbonyl (C=O) groups excluding carboxylic acids is 2. The van der Waals surface area contributed by atoms with E-state index >= 15 is 0 Å². The first-order valence-electron chi connectivity index (χ1n) is 9.80. The molecule has 0 aliphatic heterocycles. The molecule has 0 aromatic heterocycles.